The number of ether oxygens (including phenoxy) is 1. The van der Waals surface area contributed by atoms with Gasteiger partial charge < -0.3 is 20.1 Å². The molecule has 0 aromatic heterocycles. The first-order valence-corrected chi connectivity index (χ1v) is 12.0. The molecular weight excluding hydrogens is 432 g/mol. The monoisotopic (exact) mass is 462 g/mol. The summed E-state index contributed by atoms with van der Waals surface area (Å²) in [5.74, 6) is -0.734. The number of fused-ring (bicyclic) bond motifs is 3. The minimum absolute atomic E-state index is 0.00723. The number of likely N-dealkylation sites (tertiary alicyclic amines) is 1. The number of nitrogens with zero attached hydrogens (tertiary/aromatic N) is 1. The van der Waals surface area contributed by atoms with Crippen molar-refractivity contribution >= 4 is 18.0 Å². The maximum absolute atomic E-state index is 12.9. The minimum Gasteiger partial charge on any atom is -0.481 e. The van der Waals surface area contributed by atoms with Crippen LogP contribution in [0, 0.1) is 11.8 Å². The van der Waals surface area contributed by atoms with Gasteiger partial charge in [-0.25, -0.2) is 4.79 Å². The zero-order chi connectivity index (χ0) is 23.9. The molecule has 7 heteroatoms. The van der Waals surface area contributed by atoms with E-state index in [-0.39, 0.29) is 43.1 Å². The summed E-state index contributed by atoms with van der Waals surface area (Å²) >= 11 is 0. The molecule has 2 aromatic rings. The maximum atomic E-state index is 12.9. The van der Waals surface area contributed by atoms with E-state index in [2.05, 4.69) is 29.6 Å². The van der Waals surface area contributed by atoms with E-state index in [1.807, 2.05) is 31.2 Å². The highest BCUT2D eigenvalue weighted by atomic mass is 16.5. The Morgan fingerprint density at radius 2 is 1.65 bits per heavy atom. The second kappa shape index (κ2) is 8.78. The Morgan fingerprint density at radius 1 is 1.03 bits per heavy atom. The summed E-state index contributed by atoms with van der Waals surface area (Å²) in [6.45, 7) is 3.26. The van der Waals surface area contributed by atoms with E-state index in [1.54, 1.807) is 4.90 Å². The zero-order valence-corrected chi connectivity index (χ0v) is 19.3. The number of nitrogens with one attached hydrogen (secondary N) is 1. The number of amides is 2. The van der Waals surface area contributed by atoms with E-state index in [0.717, 1.165) is 24.0 Å². The first-order chi connectivity index (χ1) is 16.3. The molecule has 2 amide bonds. The maximum Gasteiger partial charge on any atom is 0.407 e. The van der Waals surface area contributed by atoms with Crippen LogP contribution in [0.15, 0.2) is 48.5 Å². The van der Waals surface area contributed by atoms with Crippen LogP contribution in [0.25, 0.3) is 11.1 Å². The fourth-order valence-electron chi connectivity index (χ4n) is 5.48. The Labute approximate surface area is 199 Å². The lowest BCUT2D eigenvalue weighted by Gasteiger charge is -2.22. The molecule has 1 saturated heterocycles. The number of carbonyl (C=O) groups excluding carboxylic acids is 2. The fourth-order valence-corrected chi connectivity index (χ4v) is 5.48. The van der Waals surface area contributed by atoms with Crippen molar-refractivity contribution in [2.24, 2.45) is 11.8 Å². The fraction of sp³-hybridized carbons (Fsp3) is 0.444. The van der Waals surface area contributed by atoms with Crippen molar-refractivity contribution in [2.75, 3.05) is 19.7 Å². The number of rotatable bonds is 7. The Bertz CT molecular complexity index is 1080. The summed E-state index contributed by atoms with van der Waals surface area (Å²) < 4.78 is 5.66. The highest BCUT2D eigenvalue weighted by Crippen LogP contribution is 2.45. The third-order valence-corrected chi connectivity index (χ3v) is 7.61. The first kappa shape index (κ1) is 22.4. The molecule has 1 heterocycles. The number of carboxylic acids is 1. The average Bonchev–Trinajstić information content (AvgIpc) is 3.34. The predicted molar refractivity (Wildman–Crippen MR) is 126 cm³/mol. The van der Waals surface area contributed by atoms with E-state index in [4.69, 9.17) is 9.84 Å². The molecule has 2 N–H and O–H groups in total. The second-order valence-corrected chi connectivity index (χ2v) is 10.0. The van der Waals surface area contributed by atoms with Crippen LogP contribution in [0.1, 0.15) is 49.7 Å². The van der Waals surface area contributed by atoms with E-state index < -0.39 is 17.6 Å². The summed E-state index contributed by atoms with van der Waals surface area (Å²) in [7, 11) is 0. The number of hydrogen-bond acceptors (Lipinski definition) is 4. The normalized spacial score (nSPS) is 22.1. The summed E-state index contributed by atoms with van der Waals surface area (Å²) in [6, 6.07) is 16.4. The number of hydrogen-bond donors (Lipinski definition) is 2. The highest BCUT2D eigenvalue weighted by molar-refractivity contribution is 5.81. The van der Waals surface area contributed by atoms with Gasteiger partial charge in [-0.3, -0.25) is 9.59 Å². The van der Waals surface area contributed by atoms with E-state index >= 15 is 0 Å². The van der Waals surface area contributed by atoms with E-state index in [9.17, 15) is 14.4 Å². The van der Waals surface area contributed by atoms with Gasteiger partial charge in [0.15, 0.2) is 0 Å². The van der Waals surface area contributed by atoms with Gasteiger partial charge >= 0.3 is 12.1 Å². The van der Waals surface area contributed by atoms with Crippen molar-refractivity contribution in [3.8, 4) is 11.1 Å². The van der Waals surface area contributed by atoms with Crippen molar-refractivity contribution in [2.45, 2.75) is 44.1 Å². The van der Waals surface area contributed by atoms with Crippen LogP contribution in [0.4, 0.5) is 4.79 Å². The van der Waals surface area contributed by atoms with Crippen molar-refractivity contribution in [3.05, 3.63) is 59.7 Å². The van der Waals surface area contributed by atoms with Crippen LogP contribution < -0.4 is 5.32 Å². The largest absolute Gasteiger partial charge is 0.481 e. The van der Waals surface area contributed by atoms with Crippen LogP contribution >= 0.6 is 0 Å². The van der Waals surface area contributed by atoms with Crippen LogP contribution in [0.2, 0.25) is 0 Å². The van der Waals surface area contributed by atoms with Gasteiger partial charge in [-0.2, -0.15) is 0 Å². The lowest BCUT2D eigenvalue weighted by Crippen LogP contribution is -2.42. The quantitative estimate of drug-likeness (QED) is 0.648. The number of alkyl carbamates (subject to hydrolysis) is 1. The molecule has 3 aliphatic rings. The molecule has 0 unspecified atom stereocenters. The van der Waals surface area contributed by atoms with Crippen LogP contribution in [0.5, 0.6) is 0 Å². The minimum atomic E-state index is -0.832. The molecule has 2 fully saturated rings. The van der Waals surface area contributed by atoms with Crippen molar-refractivity contribution in [1.29, 1.82) is 0 Å². The summed E-state index contributed by atoms with van der Waals surface area (Å²) in [6.07, 6.45) is 1.29. The Kier molecular flexibility index (Phi) is 5.80. The molecule has 2 atom stereocenters. The van der Waals surface area contributed by atoms with Gasteiger partial charge in [0.2, 0.25) is 5.91 Å². The van der Waals surface area contributed by atoms with Crippen LogP contribution in [0.3, 0.4) is 0 Å². The van der Waals surface area contributed by atoms with Crippen molar-refractivity contribution in [3.63, 3.8) is 0 Å². The molecule has 2 aliphatic carbocycles. The first-order valence-electron chi connectivity index (χ1n) is 12.0. The molecule has 178 valence electrons. The van der Waals surface area contributed by atoms with Gasteiger partial charge in [-0.05, 0) is 46.9 Å². The lowest BCUT2D eigenvalue weighted by atomic mass is 9.95. The molecule has 7 nitrogen and oxygen atoms in total. The number of aliphatic carboxylic acids is 1. The van der Waals surface area contributed by atoms with E-state index in [0.29, 0.717) is 13.1 Å². The summed E-state index contributed by atoms with van der Waals surface area (Å²) in [5, 5.41) is 12.0. The summed E-state index contributed by atoms with van der Waals surface area (Å²) in [5.41, 5.74) is 4.13. The molecule has 2 aromatic carbocycles. The average molecular weight is 463 g/mol. The van der Waals surface area contributed by atoms with Crippen LogP contribution in [-0.4, -0.2) is 53.2 Å². The molecule has 34 heavy (non-hydrogen) atoms. The molecule has 5 rings (SSSR count). The third-order valence-electron chi connectivity index (χ3n) is 7.61. The summed E-state index contributed by atoms with van der Waals surface area (Å²) in [4.78, 5) is 38.4. The van der Waals surface area contributed by atoms with Gasteiger partial charge in [0, 0.05) is 19.0 Å². The molecule has 0 bridgehead atoms. The molecule has 0 spiro atoms. The Morgan fingerprint density at radius 3 is 2.24 bits per heavy atom. The Balaban J connectivity index is 1.17. The van der Waals surface area contributed by atoms with Crippen molar-refractivity contribution in [1.82, 2.24) is 10.2 Å². The second-order valence-electron chi connectivity index (χ2n) is 10.0. The standard InChI is InChI=1S/C27H30N2O5/c1-17-14-29(15-18(17)12-25(31)32)24(30)13-27(10-11-27)28-26(33)34-16-23-21-8-4-2-6-19(21)20-7-3-5-9-22(20)23/h2-9,17-18,23H,10-16H2,1H3,(H,28,33)(H,31,32)/t17-,18-/m1/s1. The topological polar surface area (TPSA) is 95.9 Å². The van der Waals surface area contributed by atoms with Gasteiger partial charge in [-0.15, -0.1) is 0 Å². The zero-order valence-electron chi connectivity index (χ0n) is 19.3. The molecule has 1 aliphatic heterocycles. The number of carboxylic acid groups (broad SMARTS) is 1. The molecule has 1 saturated carbocycles. The predicted octanol–water partition coefficient (Wildman–Crippen LogP) is 4.02. The van der Waals surface area contributed by atoms with E-state index in [1.165, 1.54) is 11.1 Å². The SMILES string of the molecule is C[C@@H]1CN(C(=O)CC2(NC(=O)OCC3c4ccccc4-c4ccccc43)CC2)C[C@H]1CC(=O)O. The molecular formula is C27H30N2O5. The number of carbonyl (C=O) groups is 3. The van der Waals surface area contributed by atoms with Gasteiger partial charge in [0.25, 0.3) is 0 Å². The van der Waals surface area contributed by atoms with Gasteiger partial charge in [-0.1, -0.05) is 55.5 Å². The highest BCUT2D eigenvalue weighted by Gasteiger charge is 2.48. The Hall–Kier alpha value is -3.35. The van der Waals surface area contributed by atoms with Gasteiger partial charge in [0.05, 0.1) is 18.4 Å². The third kappa shape index (κ3) is 4.39. The van der Waals surface area contributed by atoms with Crippen LogP contribution in [-0.2, 0) is 14.3 Å². The van der Waals surface area contributed by atoms with Crippen molar-refractivity contribution < 1.29 is 24.2 Å². The smallest absolute Gasteiger partial charge is 0.407 e. The number of benzene rings is 2. The lowest BCUT2D eigenvalue weighted by molar-refractivity contribution is -0.138. The molecule has 0 radical (unpaired) electrons. The van der Waals surface area contributed by atoms with Gasteiger partial charge in [0.1, 0.15) is 6.61 Å².